The number of benzene rings is 1. The van der Waals surface area contributed by atoms with Gasteiger partial charge in [0.1, 0.15) is 5.69 Å². The molecule has 1 aromatic carbocycles. The van der Waals surface area contributed by atoms with Gasteiger partial charge in [-0.05, 0) is 50.1 Å². The third kappa shape index (κ3) is 6.82. The summed E-state index contributed by atoms with van der Waals surface area (Å²) in [5.74, 6) is -0.959. The predicted molar refractivity (Wildman–Crippen MR) is 157 cm³/mol. The van der Waals surface area contributed by atoms with E-state index in [4.69, 9.17) is 39.5 Å². The minimum atomic E-state index is -0.970. The Kier molecular flexibility index (Phi) is 9.35. The molecule has 0 spiro atoms. The van der Waals surface area contributed by atoms with Gasteiger partial charge >= 0.3 is 12.1 Å². The number of rotatable bonds is 7. The average molecular weight is 627 g/mol. The highest BCUT2D eigenvalue weighted by atomic mass is 35.5. The number of thiazole rings is 1. The lowest BCUT2D eigenvalue weighted by Crippen LogP contribution is -2.33. The van der Waals surface area contributed by atoms with E-state index in [1.807, 2.05) is 6.08 Å². The molecule has 0 saturated heterocycles. The summed E-state index contributed by atoms with van der Waals surface area (Å²) in [5, 5.41) is 15.2. The van der Waals surface area contributed by atoms with Crippen LogP contribution >= 0.6 is 57.5 Å². The normalized spacial score (nSPS) is 13.7. The van der Waals surface area contributed by atoms with Crippen LogP contribution in [0.25, 0.3) is 22.2 Å². The van der Waals surface area contributed by atoms with Crippen molar-refractivity contribution in [3.05, 3.63) is 66.3 Å². The molecule has 2 amide bonds. The van der Waals surface area contributed by atoms with Gasteiger partial charge in [-0.25, -0.2) is 14.6 Å². The van der Waals surface area contributed by atoms with Crippen molar-refractivity contribution in [2.45, 2.75) is 20.3 Å². The van der Waals surface area contributed by atoms with Crippen molar-refractivity contribution in [2.24, 2.45) is 0 Å². The minimum absolute atomic E-state index is 0.195. The van der Waals surface area contributed by atoms with Crippen molar-refractivity contribution in [3.8, 4) is 10.6 Å². The fraction of sp³-hybridized carbons (Fsp3) is 0.231. The van der Waals surface area contributed by atoms with Crippen molar-refractivity contribution in [1.82, 2.24) is 9.88 Å². The zero-order valence-electron chi connectivity index (χ0n) is 20.7. The van der Waals surface area contributed by atoms with Gasteiger partial charge in [-0.2, -0.15) is 0 Å². The molecule has 204 valence electrons. The SMILES string of the molecule is CCOC(=O)C(C)=Cc1c(Cl)cc(C(=O)Nc2nc(-c3cc(Cl)cs3)c(C3=CCN(C(=O)O)CC3)s2)cc1Cl. The molecule has 0 unspecified atom stereocenters. The van der Waals surface area contributed by atoms with E-state index in [0.29, 0.717) is 40.0 Å². The van der Waals surface area contributed by atoms with Crippen molar-refractivity contribution in [3.63, 3.8) is 0 Å². The molecule has 2 aromatic heterocycles. The Morgan fingerprint density at radius 2 is 1.92 bits per heavy atom. The van der Waals surface area contributed by atoms with E-state index >= 15 is 0 Å². The Bertz CT molecular complexity index is 1490. The number of ether oxygens (including phenoxy) is 1. The highest BCUT2D eigenvalue weighted by Gasteiger charge is 2.24. The highest BCUT2D eigenvalue weighted by molar-refractivity contribution is 7.18. The number of carbonyl (C=O) groups is 3. The lowest BCUT2D eigenvalue weighted by molar-refractivity contribution is -0.138. The standard InChI is InChI=1S/C26H22Cl3N3O5S2/c1-3-37-24(34)13(2)8-17-18(28)9-15(10-19(17)29)23(33)31-25-30-21(20-11-16(27)12-38-20)22(39-25)14-4-6-32(7-5-14)26(35)36/h4,8-12H,3,5-7H2,1-2H3,(H,35,36)(H,30,31,33). The molecule has 0 fully saturated rings. The predicted octanol–water partition coefficient (Wildman–Crippen LogP) is 7.82. The number of halogens is 3. The topological polar surface area (TPSA) is 109 Å². The number of amides is 2. The first-order valence-corrected chi connectivity index (χ1v) is 14.5. The van der Waals surface area contributed by atoms with Crippen LogP contribution in [-0.4, -0.2) is 52.7 Å². The molecule has 1 aliphatic rings. The zero-order chi connectivity index (χ0) is 28.3. The quantitative estimate of drug-likeness (QED) is 0.204. The maximum Gasteiger partial charge on any atom is 0.407 e. The average Bonchev–Trinajstić information content (AvgIpc) is 3.52. The molecule has 3 heterocycles. The largest absolute Gasteiger partial charge is 0.465 e. The molecule has 39 heavy (non-hydrogen) atoms. The number of nitrogens with zero attached hydrogens (tertiary/aromatic N) is 2. The van der Waals surface area contributed by atoms with Gasteiger partial charge in [-0.15, -0.1) is 11.3 Å². The van der Waals surface area contributed by atoms with Gasteiger partial charge in [0.25, 0.3) is 5.91 Å². The van der Waals surface area contributed by atoms with Crippen LogP contribution in [-0.2, 0) is 9.53 Å². The summed E-state index contributed by atoms with van der Waals surface area (Å²) in [5.41, 5.74) is 2.53. The first-order valence-electron chi connectivity index (χ1n) is 11.7. The zero-order valence-corrected chi connectivity index (χ0v) is 24.6. The summed E-state index contributed by atoms with van der Waals surface area (Å²) >= 11 is 21.7. The molecule has 0 aliphatic carbocycles. The van der Waals surface area contributed by atoms with Crippen LogP contribution < -0.4 is 5.32 Å². The number of hydrogen-bond donors (Lipinski definition) is 2. The van der Waals surface area contributed by atoms with Crippen molar-refractivity contribution in [1.29, 1.82) is 0 Å². The smallest absolute Gasteiger partial charge is 0.407 e. The number of carboxylic acid groups (broad SMARTS) is 1. The maximum atomic E-state index is 13.1. The molecule has 0 atom stereocenters. The number of anilines is 1. The molecule has 13 heteroatoms. The molecule has 0 radical (unpaired) electrons. The van der Waals surface area contributed by atoms with E-state index < -0.39 is 18.0 Å². The molecule has 1 aliphatic heterocycles. The third-order valence-corrected chi connectivity index (χ3v) is 8.68. The second kappa shape index (κ2) is 12.5. The van der Waals surface area contributed by atoms with E-state index in [1.165, 1.54) is 45.8 Å². The van der Waals surface area contributed by atoms with Crippen LogP contribution in [0.2, 0.25) is 15.1 Å². The molecule has 2 N–H and O–H groups in total. The van der Waals surface area contributed by atoms with Crippen LogP contribution in [0.15, 0.2) is 35.2 Å². The van der Waals surface area contributed by atoms with Gasteiger partial charge in [-0.1, -0.05) is 52.2 Å². The summed E-state index contributed by atoms with van der Waals surface area (Å²) < 4.78 is 4.99. The first kappa shape index (κ1) is 29.1. The van der Waals surface area contributed by atoms with E-state index in [9.17, 15) is 19.5 Å². The molecule has 8 nitrogen and oxygen atoms in total. The fourth-order valence-corrected chi connectivity index (χ4v) is 6.56. The molecule has 0 bridgehead atoms. The van der Waals surface area contributed by atoms with Gasteiger partial charge in [0.2, 0.25) is 0 Å². The molecule has 0 saturated carbocycles. The van der Waals surface area contributed by atoms with Gasteiger partial charge in [0.15, 0.2) is 5.13 Å². The van der Waals surface area contributed by atoms with Crippen LogP contribution in [0.1, 0.15) is 41.1 Å². The van der Waals surface area contributed by atoms with Crippen molar-refractivity contribution in [2.75, 3.05) is 25.0 Å². The summed E-state index contributed by atoms with van der Waals surface area (Å²) in [6.07, 6.45) is 2.92. The summed E-state index contributed by atoms with van der Waals surface area (Å²) in [6.45, 7) is 4.16. The van der Waals surface area contributed by atoms with Crippen molar-refractivity contribution < 1.29 is 24.2 Å². The van der Waals surface area contributed by atoms with Gasteiger partial charge in [0.05, 0.1) is 31.4 Å². The van der Waals surface area contributed by atoms with Gasteiger partial charge in [0, 0.05) is 35.2 Å². The number of esters is 1. The van der Waals surface area contributed by atoms with E-state index in [0.717, 1.165) is 15.3 Å². The molecule has 4 rings (SSSR count). The number of hydrogen-bond acceptors (Lipinski definition) is 7. The maximum absolute atomic E-state index is 13.1. The Labute approximate surface area is 247 Å². The van der Waals surface area contributed by atoms with E-state index in [1.54, 1.807) is 25.3 Å². The lowest BCUT2D eigenvalue weighted by Gasteiger charge is -2.23. The number of thiophene rings is 1. The lowest BCUT2D eigenvalue weighted by atomic mass is 10.1. The highest BCUT2D eigenvalue weighted by Crippen LogP contribution is 2.41. The van der Waals surface area contributed by atoms with Gasteiger partial charge < -0.3 is 14.7 Å². The van der Waals surface area contributed by atoms with Crippen LogP contribution in [0.3, 0.4) is 0 Å². The number of aromatic nitrogens is 1. The monoisotopic (exact) mass is 625 g/mol. The number of nitrogens with one attached hydrogen (secondary N) is 1. The minimum Gasteiger partial charge on any atom is -0.465 e. The first-order chi connectivity index (χ1) is 18.6. The second-order valence-corrected chi connectivity index (χ2v) is 11.6. The third-order valence-electron chi connectivity index (χ3n) is 5.72. The van der Waals surface area contributed by atoms with E-state index in [2.05, 4.69) is 10.3 Å². The summed E-state index contributed by atoms with van der Waals surface area (Å²) in [6, 6.07) is 4.73. The molecule has 3 aromatic rings. The van der Waals surface area contributed by atoms with Gasteiger partial charge in [-0.3, -0.25) is 10.1 Å². The van der Waals surface area contributed by atoms with Crippen LogP contribution in [0.5, 0.6) is 0 Å². The number of carbonyl (C=O) groups excluding carboxylic acids is 2. The Morgan fingerprint density at radius 3 is 2.49 bits per heavy atom. The van der Waals surface area contributed by atoms with Crippen LogP contribution in [0, 0.1) is 0 Å². The molecular weight excluding hydrogens is 605 g/mol. The summed E-state index contributed by atoms with van der Waals surface area (Å²) in [4.78, 5) is 44.1. The Balaban J connectivity index is 1.61. The molecular formula is C26H22Cl3N3O5S2. The van der Waals surface area contributed by atoms with Crippen molar-refractivity contribution >= 4 is 92.2 Å². The fourth-order valence-electron chi connectivity index (χ4n) is 3.79. The van der Waals surface area contributed by atoms with E-state index in [-0.39, 0.29) is 28.8 Å². The Morgan fingerprint density at radius 1 is 1.21 bits per heavy atom. The second-order valence-electron chi connectivity index (χ2n) is 8.39. The summed E-state index contributed by atoms with van der Waals surface area (Å²) in [7, 11) is 0. The van der Waals surface area contributed by atoms with Crippen LogP contribution in [0.4, 0.5) is 9.93 Å². The Hall–Kier alpha value is -2.89.